The first kappa shape index (κ1) is 19.0. The lowest BCUT2D eigenvalue weighted by Crippen LogP contribution is -2.22. The molecule has 0 saturated heterocycles. The number of benzene rings is 2. The van der Waals surface area contributed by atoms with E-state index in [1.54, 1.807) is 0 Å². The van der Waals surface area contributed by atoms with Gasteiger partial charge in [-0.1, -0.05) is 23.2 Å². The molecular formula is C14H14Cl2N2O4S2. The van der Waals surface area contributed by atoms with E-state index >= 15 is 0 Å². The Hall–Kier alpha value is -1.32. The van der Waals surface area contributed by atoms with E-state index in [1.165, 1.54) is 56.6 Å². The summed E-state index contributed by atoms with van der Waals surface area (Å²) in [6, 6.07) is 9.42. The molecule has 0 aromatic heterocycles. The Labute approximate surface area is 151 Å². The van der Waals surface area contributed by atoms with Crippen LogP contribution in [0.2, 0.25) is 10.0 Å². The van der Waals surface area contributed by atoms with Crippen molar-refractivity contribution in [3.63, 3.8) is 0 Å². The van der Waals surface area contributed by atoms with Crippen LogP contribution in [-0.2, 0) is 20.0 Å². The van der Waals surface area contributed by atoms with Crippen LogP contribution in [-0.4, -0.2) is 35.2 Å². The topological polar surface area (TPSA) is 83.6 Å². The van der Waals surface area contributed by atoms with Gasteiger partial charge >= 0.3 is 0 Å². The van der Waals surface area contributed by atoms with Gasteiger partial charge in [-0.25, -0.2) is 21.1 Å². The second-order valence-corrected chi connectivity index (χ2v) is 9.64. The molecule has 2 aromatic rings. The van der Waals surface area contributed by atoms with Crippen LogP contribution in [0.3, 0.4) is 0 Å². The maximum absolute atomic E-state index is 12.4. The van der Waals surface area contributed by atoms with E-state index in [9.17, 15) is 16.8 Å². The molecule has 0 fully saturated rings. The maximum atomic E-state index is 12.4. The lowest BCUT2D eigenvalue weighted by molar-refractivity contribution is 0.521. The van der Waals surface area contributed by atoms with Gasteiger partial charge in [0.2, 0.25) is 10.0 Å². The molecule has 10 heteroatoms. The molecule has 0 spiro atoms. The van der Waals surface area contributed by atoms with Crippen molar-refractivity contribution in [2.75, 3.05) is 18.8 Å². The first-order valence-electron chi connectivity index (χ1n) is 6.54. The Morgan fingerprint density at radius 3 is 2.04 bits per heavy atom. The van der Waals surface area contributed by atoms with Gasteiger partial charge in [0.05, 0.1) is 9.92 Å². The van der Waals surface area contributed by atoms with Gasteiger partial charge in [-0.05, 0) is 42.5 Å². The van der Waals surface area contributed by atoms with Gasteiger partial charge in [0.25, 0.3) is 10.0 Å². The SMILES string of the molecule is CN(C)S(=O)(=O)c1ccc(NS(=O)(=O)c2cc(Cl)ccc2Cl)cc1. The lowest BCUT2D eigenvalue weighted by Gasteiger charge is -2.13. The molecule has 1 N–H and O–H groups in total. The third-order valence-electron chi connectivity index (χ3n) is 3.07. The van der Waals surface area contributed by atoms with Crippen molar-refractivity contribution in [3.8, 4) is 0 Å². The van der Waals surface area contributed by atoms with Crippen molar-refractivity contribution in [1.29, 1.82) is 0 Å². The van der Waals surface area contributed by atoms with Crippen LogP contribution in [0.15, 0.2) is 52.3 Å². The van der Waals surface area contributed by atoms with Crippen molar-refractivity contribution < 1.29 is 16.8 Å². The Kier molecular flexibility index (Phi) is 5.46. The highest BCUT2D eigenvalue weighted by molar-refractivity contribution is 7.92. The summed E-state index contributed by atoms with van der Waals surface area (Å²) >= 11 is 11.7. The summed E-state index contributed by atoms with van der Waals surface area (Å²) in [6.45, 7) is 0. The molecule has 6 nitrogen and oxygen atoms in total. The predicted molar refractivity (Wildman–Crippen MR) is 94.6 cm³/mol. The number of nitrogens with one attached hydrogen (secondary N) is 1. The van der Waals surface area contributed by atoms with Crippen molar-refractivity contribution in [1.82, 2.24) is 4.31 Å². The zero-order valence-electron chi connectivity index (χ0n) is 12.7. The minimum Gasteiger partial charge on any atom is -0.280 e. The molecular weight excluding hydrogens is 395 g/mol. The summed E-state index contributed by atoms with van der Waals surface area (Å²) in [6.07, 6.45) is 0. The molecule has 0 aliphatic heterocycles. The fourth-order valence-corrected chi connectivity index (χ4v) is 4.52. The highest BCUT2D eigenvalue weighted by Crippen LogP contribution is 2.27. The van der Waals surface area contributed by atoms with Gasteiger partial charge < -0.3 is 0 Å². The highest BCUT2D eigenvalue weighted by atomic mass is 35.5. The molecule has 0 amide bonds. The summed E-state index contributed by atoms with van der Waals surface area (Å²) < 4.78 is 52.1. The zero-order valence-corrected chi connectivity index (χ0v) is 15.8. The monoisotopic (exact) mass is 408 g/mol. The molecule has 0 aliphatic rings. The van der Waals surface area contributed by atoms with Gasteiger partial charge in [-0.2, -0.15) is 0 Å². The number of hydrogen-bond donors (Lipinski definition) is 1. The quantitative estimate of drug-likeness (QED) is 0.823. The molecule has 0 heterocycles. The largest absolute Gasteiger partial charge is 0.280 e. The van der Waals surface area contributed by atoms with Gasteiger partial charge in [-0.3, -0.25) is 4.72 Å². The van der Waals surface area contributed by atoms with Crippen LogP contribution in [0, 0.1) is 0 Å². The van der Waals surface area contributed by atoms with E-state index in [0.29, 0.717) is 0 Å². The number of halogens is 2. The molecule has 24 heavy (non-hydrogen) atoms. The van der Waals surface area contributed by atoms with Crippen LogP contribution >= 0.6 is 23.2 Å². The van der Waals surface area contributed by atoms with E-state index in [4.69, 9.17) is 23.2 Å². The number of rotatable bonds is 5. The van der Waals surface area contributed by atoms with Crippen molar-refractivity contribution in [2.24, 2.45) is 0 Å². The summed E-state index contributed by atoms with van der Waals surface area (Å²) in [4.78, 5) is -0.113. The Morgan fingerprint density at radius 2 is 1.50 bits per heavy atom. The molecule has 0 unspecified atom stereocenters. The third-order valence-corrected chi connectivity index (χ3v) is 7.00. The number of hydrogen-bond acceptors (Lipinski definition) is 4. The van der Waals surface area contributed by atoms with Gasteiger partial charge in [0, 0.05) is 24.8 Å². The summed E-state index contributed by atoms with van der Waals surface area (Å²) in [7, 11) is -4.72. The summed E-state index contributed by atoms with van der Waals surface area (Å²) in [5.74, 6) is 0. The molecule has 0 bridgehead atoms. The molecule has 0 atom stereocenters. The average Bonchev–Trinajstić information content (AvgIpc) is 2.49. The van der Waals surface area contributed by atoms with E-state index in [2.05, 4.69) is 4.72 Å². The van der Waals surface area contributed by atoms with Crippen LogP contribution in [0.5, 0.6) is 0 Å². The zero-order chi connectivity index (χ0) is 18.1. The second kappa shape index (κ2) is 6.89. The van der Waals surface area contributed by atoms with Gasteiger partial charge in [-0.15, -0.1) is 0 Å². The average molecular weight is 409 g/mol. The van der Waals surface area contributed by atoms with Crippen molar-refractivity contribution in [2.45, 2.75) is 9.79 Å². The molecule has 0 saturated carbocycles. The van der Waals surface area contributed by atoms with Crippen LogP contribution < -0.4 is 4.72 Å². The fourth-order valence-electron chi connectivity index (χ4n) is 1.80. The third kappa shape index (κ3) is 4.01. The Balaban J connectivity index is 2.33. The summed E-state index contributed by atoms with van der Waals surface area (Å²) in [5.41, 5.74) is 0.198. The molecule has 130 valence electrons. The van der Waals surface area contributed by atoms with E-state index in [-0.39, 0.29) is 25.5 Å². The minimum absolute atomic E-state index is 0.0266. The molecule has 0 radical (unpaired) electrons. The normalized spacial score (nSPS) is 12.4. The minimum atomic E-state index is -3.96. The summed E-state index contributed by atoms with van der Waals surface area (Å²) in [5, 5.41) is 0.255. The Morgan fingerprint density at radius 1 is 0.917 bits per heavy atom. The molecule has 2 rings (SSSR count). The number of sulfonamides is 2. The standard InChI is InChI=1S/C14H14Cl2N2O4S2/c1-18(2)24(21,22)12-6-4-11(5-7-12)17-23(19,20)14-9-10(15)3-8-13(14)16/h3-9,17H,1-2H3. The lowest BCUT2D eigenvalue weighted by atomic mass is 10.3. The smallest absolute Gasteiger partial charge is 0.263 e. The first-order chi connectivity index (χ1) is 11.0. The van der Waals surface area contributed by atoms with E-state index < -0.39 is 20.0 Å². The second-order valence-electron chi connectivity index (χ2n) is 4.99. The van der Waals surface area contributed by atoms with Crippen molar-refractivity contribution in [3.05, 3.63) is 52.5 Å². The van der Waals surface area contributed by atoms with Crippen LogP contribution in [0.25, 0.3) is 0 Å². The fraction of sp³-hybridized carbons (Fsp3) is 0.143. The van der Waals surface area contributed by atoms with Crippen molar-refractivity contribution >= 4 is 48.9 Å². The van der Waals surface area contributed by atoms with Crippen LogP contribution in [0.4, 0.5) is 5.69 Å². The number of nitrogens with zero attached hydrogens (tertiary/aromatic N) is 1. The van der Waals surface area contributed by atoms with Gasteiger partial charge in [0.1, 0.15) is 4.90 Å². The Bertz CT molecular complexity index is 957. The number of anilines is 1. The highest BCUT2D eigenvalue weighted by Gasteiger charge is 2.20. The van der Waals surface area contributed by atoms with E-state index in [0.717, 1.165) is 4.31 Å². The maximum Gasteiger partial charge on any atom is 0.263 e. The molecule has 2 aromatic carbocycles. The first-order valence-corrected chi connectivity index (χ1v) is 10.2. The predicted octanol–water partition coefficient (Wildman–Crippen LogP) is 3.04. The van der Waals surface area contributed by atoms with Gasteiger partial charge in [0.15, 0.2) is 0 Å². The van der Waals surface area contributed by atoms with E-state index in [1.807, 2.05) is 0 Å². The molecule has 0 aliphatic carbocycles. The van der Waals surface area contributed by atoms with Crippen LogP contribution in [0.1, 0.15) is 0 Å².